The third-order valence-electron chi connectivity index (χ3n) is 4.06. The van der Waals surface area contributed by atoms with Crippen molar-refractivity contribution in [3.63, 3.8) is 0 Å². The van der Waals surface area contributed by atoms with Crippen molar-refractivity contribution < 1.29 is 18.3 Å². The highest BCUT2D eigenvalue weighted by atomic mass is 32.2. The van der Waals surface area contributed by atoms with Crippen LogP contribution in [0, 0.1) is 11.3 Å². The third kappa shape index (κ3) is 3.20. The molecular weight excluding hydrogens is 240 g/mol. The molecular formula is C12H22O4S. The van der Waals surface area contributed by atoms with Crippen LogP contribution >= 0.6 is 0 Å². The second-order valence-corrected chi connectivity index (χ2v) is 7.89. The lowest BCUT2D eigenvalue weighted by Gasteiger charge is -2.32. The van der Waals surface area contributed by atoms with Crippen LogP contribution in [0.3, 0.4) is 0 Å². The average molecular weight is 262 g/mol. The van der Waals surface area contributed by atoms with E-state index in [2.05, 4.69) is 0 Å². The Kier molecular flexibility index (Phi) is 3.80. The van der Waals surface area contributed by atoms with E-state index in [1.807, 2.05) is 0 Å². The summed E-state index contributed by atoms with van der Waals surface area (Å²) >= 11 is 0. The van der Waals surface area contributed by atoms with Gasteiger partial charge in [0, 0.05) is 24.0 Å². The summed E-state index contributed by atoms with van der Waals surface area (Å²) in [6.45, 7) is 0.832. The molecule has 100 valence electrons. The Hall–Kier alpha value is -0.130. The fraction of sp³-hybridized carbons (Fsp3) is 1.00. The van der Waals surface area contributed by atoms with Crippen LogP contribution in [0.4, 0.5) is 0 Å². The number of hydrogen-bond donors (Lipinski definition) is 1. The first-order valence-electron chi connectivity index (χ1n) is 6.37. The molecule has 4 nitrogen and oxygen atoms in total. The van der Waals surface area contributed by atoms with Gasteiger partial charge < -0.3 is 9.84 Å². The molecule has 0 amide bonds. The molecule has 2 atom stereocenters. The molecule has 0 bridgehead atoms. The molecule has 0 aromatic carbocycles. The smallest absolute Gasteiger partial charge is 0.147 e. The highest BCUT2D eigenvalue weighted by Gasteiger charge is 2.50. The number of rotatable bonds is 6. The van der Waals surface area contributed by atoms with Gasteiger partial charge in [0.2, 0.25) is 0 Å². The molecule has 1 saturated heterocycles. The van der Waals surface area contributed by atoms with Gasteiger partial charge in [-0.1, -0.05) is 0 Å². The second kappa shape index (κ2) is 4.86. The Morgan fingerprint density at radius 1 is 1.41 bits per heavy atom. The van der Waals surface area contributed by atoms with Gasteiger partial charge in [0.05, 0.1) is 12.7 Å². The molecule has 17 heavy (non-hydrogen) atoms. The highest BCUT2D eigenvalue weighted by molar-refractivity contribution is 7.90. The van der Waals surface area contributed by atoms with E-state index >= 15 is 0 Å². The predicted octanol–water partition coefficient (Wildman–Crippen LogP) is 0.989. The topological polar surface area (TPSA) is 63.6 Å². The number of ether oxygens (including phenoxy) is 1. The van der Waals surface area contributed by atoms with E-state index in [0.717, 1.165) is 12.8 Å². The Balaban J connectivity index is 1.94. The predicted molar refractivity (Wildman–Crippen MR) is 65.5 cm³/mol. The van der Waals surface area contributed by atoms with Crippen LogP contribution in [-0.4, -0.2) is 44.9 Å². The van der Waals surface area contributed by atoms with Gasteiger partial charge in [-0.25, -0.2) is 8.42 Å². The van der Waals surface area contributed by atoms with Gasteiger partial charge in [-0.3, -0.25) is 0 Å². The lowest BCUT2D eigenvalue weighted by atomic mass is 9.76. The summed E-state index contributed by atoms with van der Waals surface area (Å²) < 4.78 is 28.0. The second-order valence-electron chi connectivity index (χ2n) is 5.63. The summed E-state index contributed by atoms with van der Waals surface area (Å²) in [6, 6.07) is 0. The summed E-state index contributed by atoms with van der Waals surface area (Å²) in [5.74, 6) is 0.814. The van der Waals surface area contributed by atoms with Gasteiger partial charge in [-0.2, -0.15) is 0 Å². The number of hydrogen-bond acceptors (Lipinski definition) is 4. The highest BCUT2D eigenvalue weighted by Crippen LogP contribution is 2.49. The number of aliphatic hydroxyl groups excluding tert-OH is 1. The minimum absolute atomic E-state index is 0.123. The zero-order valence-electron chi connectivity index (χ0n) is 10.4. The first-order chi connectivity index (χ1) is 7.97. The molecule has 2 unspecified atom stereocenters. The summed E-state index contributed by atoms with van der Waals surface area (Å²) in [7, 11) is -2.90. The zero-order valence-corrected chi connectivity index (χ0v) is 11.2. The van der Waals surface area contributed by atoms with E-state index < -0.39 is 9.84 Å². The third-order valence-corrected chi connectivity index (χ3v) is 5.09. The molecule has 1 aliphatic carbocycles. The molecule has 1 N–H and O–H groups in total. The quantitative estimate of drug-likeness (QED) is 0.775. The Morgan fingerprint density at radius 2 is 2.12 bits per heavy atom. The van der Waals surface area contributed by atoms with Crippen molar-refractivity contribution in [2.75, 3.05) is 25.2 Å². The summed E-state index contributed by atoms with van der Waals surface area (Å²) in [4.78, 5) is 0. The monoisotopic (exact) mass is 262 g/mol. The van der Waals surface area contributed by atoms with Crippen LogP contribution in [-0.2, 0) is 14.6 Å². The van der Waals surface area contributed by atoms with E-state index in [0.29, 0.717) is 18.9 Å². The van der Waals surface area contributed by atoms with Gasteiger partial charge in [-0.15, -0.1) is 0 Å². The Morgan fingerprint density at radius 3 is 2.65 bits per heavy atom. The molecule has 1 heterocycles. The largest absolute Gasteiger partial charge is 0.396 e. The van der Waals surface area contributed by atoms with Crippen LogP contribution in [0.25, 0.3) is 0 Å². The standard InChI is InChI=1S/C12H22O4S/c1-17(14,15)8-2-5-12(9-13)6-7-16-11(12)10-3-4-10/h10-11,13H,2-9H2,1H3. The molecule has 2 fully saturated rings. The molecule has 2 rings (SSSR count). The average Bonchev–Trinajstić information content (AvgIpc) is 2.99. The number of aliphatic hydroxyl groups is 1. The minimum Gasteiger partial charge on any atom is -0.396 e. The molecule has 5 heteroatoms. The summed E-state index contributed by atoms with van der Waals surface area (Å²) in [5.41, 5.74) is -0.175. The molecule has 1 aliphatic heterocycles. The first-order valence-corrected chi connectivity index (χ1v) is 8.43. The van der Waals surface area contributed by atoms with Gasteiger partial charge >= 0.3 is 0 Å². The van der Waals surface area contributed by atoms with Crippen LogP contribution in [0.15, 0.2) is 0 Å². The lowest BCUT2D eigenvalue weighted by Crippen LogP contribution is -2.36. The molecule has 0 aromatic heterocycles. The van der Waals surface area contributed by atoms with Crippen molar-refractivity contribution in [3.8, 4) is 0 Å². The first kappa shape index (κ1) is 13.3. The van der Waals surface area contributed by atoms with Crippen molar-refractivity contribution in [2.24, 2.45) is 11.3 Å². The van der Waals surface area contributed by atoms with Crippen LogP contribution in [0.1, 0.15) is 32.1 Å². The van der Waals surface area contributed by atoms with Crippen LogP contribution < -0.4 is 0 Å². The maximum Gasteiger partial charge on any atom is 0.147 e. The molecule has 0 radical (unpaired) electrons. The summed E-state index contributed by atoms with van der Waals surface area (Å²) in [6.07, 6.45) is 6.07. The van der Waals surface area contributed by atoms with Gasteiger partial charge in [0.15, 0.2) is 0 Å². The van der Waals surface area contributed by atoms with E-state index in [4.69, 9.17) is 4.74 Å². The van der Waals surface area contributed by atoms with Crippen molar-refractivity contribution in [1.29, 1.82) is 0 Å². The molecule has 0 spiro atoms. The van der Waals surface area contributed by atoms with Gasteiger partial charge in [0.25, 0.3) is 0 Å². The maximum atomic E-state index is 11.1. The minimum atomic E-state index is -2.90. The van der Waals surface area contributed by atoms with Crippen molar-refractivity contribution >= 4 is 9.84 Å². The fourth-order valence-corrected chi connectivity index (χ4v) is 3.61. The van der Waals surface area contributed by atoms with Crippen molar-refractivity contribution in [3.05, 3.63) is 0 Å². The van der Waals surface area contributed by atoms with Crippen molar-refractivity contribution in [2.45, 2.75) is 38.2 Å². The Bertz CT molecular complexity index is 361. The zero-order chi connectivity index (χ0) is 12.5. The van der Waals surface area contributed by atoms with Crippen molar-refractivity contribution in [1.82, 2.24) is 0 Å². The van der Waals surface area contributed by atoms with Gasteiger partial charge in [-0.05, 0) is 38.0 Å². The SMILES string of the molecule is CS(=O)(=O)CCCC1(CO)CCOC1C1CC1. The normalized spacial score (nSPS) is 34.1. The fourth-order valence-electron chi connectivity index (χ4n) is 2.95. The molecule has 1 saturated carbocycles. The van der Waals surface area contributed by atoms with Crippen LogP contribution in [0.5, 0.6) is 0 Å². The van der Waals surface area contributed by atoms with Gasteiger partial charge in [0.1, 0.15) is 9.84 Å². The molecule has 2 aliphatic rings. The summed E-state index contributed by atoms with van der Waals surface area (Å²) in [5, 5.41) is 9.66. The number of sulfone groups is 1. The molecule has 0 aromatic rings. The Labute approximate surface area is 103 Å². The maximum absolute atomic E-state index is 11.1. The van der Waals surface area contributed by atoms with Crippen LogP contribution in [0.2, 0.25) is 0 Å². The van der Waals surface area contributed by atoms with E-state index in [9.17, 15) is 13.5 Å². The van der Waals surface area contributed by atoms with E-state index in [1.165, 1.54) is 19.1 Å². The lowest BCUT2D eigenvalue weighted by molar-refractivity contribution is -0.00447. The van der Waals surface area contributed by atoms with E-state index in [1.54, 1.807) is 0 Å². The van der Waals surface area contributed by atoms with E-state index in [-0.39, 0.29) is 23.9 Å².